The van der Waals surface area contributed by atoms with Gasteiger partial charge in [-0.25, -0.2) is 14.6 Å². The lowest BCUT2D eigenvalue weighted by molar-refractivity contribution is -0.129. The molecule has 0 unspecified atom stereocenters. The van der Waals surface area contributed by atoms with Crippen LogP contribution in [0.3, 0.4) is 0 Å². The Morgan fingerprint density at radius 2 is 1.81 bits per heavy atom. The van der Waals surface area contributed by atoms with E-state index in [9.17, 15) is 9.59 Å². The predicted molar refractivity (Wildman–Crippen MR) is 129 cm³/mol. The maximum atomic E-state index is 12.5. The molecule has 160 valence electrons. The fourth-order valence-corrected chi connectivity index (χ4v) is 3.92. The molecule has 3 aromatic carbocycles. The van der Waals surface area contributed by atoms with Crippen LogP contribution in [0.5, 0.6) is 11.5 Å². The zero-order chi connectivity index (χ0) is 22.7. The summed E-state index contributed by atoms with van der Waals surface area (Å²) in [6, 6.07) is 19.0. The summed E-state index contributed by atoms with van der Waals surface area (Å²) in [4.78, 5) is 29.1. The third-order valence-electron chi connectivity index (χ3n) is 4.48. The summed E-state index contributed by atoms with van der Waals surface area (Å²) in [7, 11) is 1.47. The summed E-state index contributed by atoms with van der Waals surface area (Å²) in [6.45, 7) is 0. The molecule has 0 radical (unpaired) electrons. The lowest BCUT2D eigenvalue weighted by Crippen LogP contribution is -2.10. The zero-order valence-electron chi connectivity index (χ0n) is 16.7. The van der Waals surface area contributed by atoms with Crippen molar-refractivity contribution < 1.29 is 23.8 Å². The molecule has 0 amide bonds. The van der Waals surface area contributed by atoms with Gasteiger partial charge in [-0.05, 0) is 70.6 Å². The van der Waals surface area contributed by atoms with Gasteiger partial charge in [0.25, 0.3) is 0 Å². The van der Waals surface area contributed by atoms with Gasteiger partial charge in [0, 0.05) is 0 Å². The van der Waals surface area contributed by atoms with Crippen molar-refractivity contribution in [3.8, 4) is 11.5 Å². The molecule has 0 aromatic heterocycles. The molecular weight excluding hydrogens is 545 g/mol. The van der Waals surface area contributed by atoms with E-state index in [1.807, 2.05) is 28.7 Å². The van der Waals surface area contributed by atoms with Crippen molar-refractivity contribution in [1.29, 1.82) is 0 Å². The first kappa shape index (κ1) is 22.0. The topological polar surface area (TPSA) is 74.2 Å². The van der Waals surface area contributed by atoms with Crippen LogP contribution in [0.1, 0.15) is 21.5 Å². The van der Waals surface area contributed by atoms with Gasteiger partial charge < -0.3 is 14.2 Å². The first-order chi connectivity index (χ1) is 15.5. The Balaban J connectivity index is 1.64. The predicted octanol–water partition coefficient (Wildman–Crippen LogP) is 5.52. The summed E-state index contributed by atoms with van der Waals surface area (Å²) in [5.41, 5.74) is 1.70. The van der Waals surface area contributed by atoms with E-state index in [0.717, 1.165) is 0 Å². The Labute approximate surface area is 202 Å². The Morgan fingerprint density at radius 3 is 2.53 bits per heavy atom. The molecule has 0 fully saturated rings. The van der Waals surface area contributed by atoms with Crippen molar-refractivity contribution in [1.82, 2.24) is 0 Å². The van der Waals surface area contributed by atoms with E-state index < -0.39 is 11.9 Å². The number of hydrogen-bond donors (Lipinski definition) is 0. The van der Waals surface area contributed by atoms with E-state index in [0.29, 0.717) is 36.8 Å². The van der Waals surface area contributed by atoms with Crippen molar-refractivity contribution >= 4 is 58.1 Å². The van der Waals surface area contributed by atoms with Gasteiger partial charge in [0.2, 0.25) is 5.90 Å². The third kappa shape index (κ3) is 4.68. The first-order valence-electron chi connectivity index (χ1n) is 9.38. The minimum absolute atomic E-state index is 0.117. The molecule has 8 heteroatoms. The normalized spacial score (nSPS) is 14.2. The van der Waals surface area contributed by atoms with Crippen LogP contribution in [0.4, 0.5) is 0 Å². The van der Waals surface area contributed by atoms with Gasteiger partial charge >= 0.3 is 11.9 Å². The minimum atomic E-state index is -0.589. The van der Waals surface area contributed by atoms with Gasteiger partial charge in [-0.15, -0.1) is 0 Å². The number of carbonyl (C=O) groups excluding carboxylic acids is 2. The molecule has 1 heterocycles. The van der Waals surface area contributed by atoms with Crippen molar-refractivity contribution in [2.45, 2.75) is 0 Å². The quantitative estimate of drug-likeness (QED) is 0.178. The van der Waals surface area contributed by atoms with Gasteiger partial charge in [-0.1, -0.05) is 41.9 Å². The number of benzene rings is 3. The summed E-state index contributed by atoms with van der Waals surface area (Å²) in [5, 5.41) is 0.432. The summed E-state index contributed by atoms with van der Waals surface area (Å²) >= 11 is 8.21. The molecule has 0 saturated carbocycles. The van der Waals surface area contributed by atoms with Crippen LogP contribution in [0.2, 0.25) is 5.02 Å². The number of carbonyl (C=O) groups is 2. The highest BCUT2D eigenvalue weighted by atomic mass is 127. The number of methoxy groups -OCH3 is 1. The molecule has 0 atom stereocenters. The van der Waals surface area contributed by atoms with Gasteiger partial charge in [-0.3, -0.25) is 0 Å². The van der Waals surface area contributed by atoms with Crippen LogP contribution in [0, 0.1) is 3.57 Å². The summed E-state index contributed by atoms with van der Waals surface area (Å²) < 4.78 is 16.9. The van der Waals surface area contributed by atoms with Crippen LogP contribution in [0.15, 0.2) is 77.4 Å². The first-order valence-corrected chi connectivity index (χ1v) is 10.8. The third-order valence-corrected chi connectivity index (χ3v) is 5.62. The van der Waals surface area contributed by atoms with E-state index >= 15 is 0 Å². The second-order valence-electron chi connectivity index (χ2n) is 6.61. The molecule has 4 rings (SSSR count). The molecule has 3 aromatic rings. The maximum absolute atomic E-state index is 12.5. The summed E-state index contributed by atoms with van der Waals surface area (Å²) in [5.74, 6) is -0.315. The molecule has 0 bridgehead atoms. The second-order valence-corrected chi connectivity index (χ2v) is 8.17. The highest BCUT2D eigenvalue weighted by molar-refractivity contribution is 14.1. The Morgan fingerprint density at radius 1 is 1.09 bits per heavy atom. The highest BCUT2D eigenvalue weighted by Gasteiger charge is 2.26. The fraction of sp³-hybridized carbons (Fsp3) is 0.0417. The maximum Gasteiger partial charge on any atom is 0.363 e. The molecular formula is C24H15ClINO5. The highest BCUT2D eigenvalue weighted by Crippen LogP contribution is 2.35. The molecule has 0 spiro atoms. The van der Waals surface area contributed by atoms with E-state index in [1.165, 1.54) is 7.11 Å². The van der Waals surface area contributed by atoms with Crippen molar-refractivity contribution in [3.63, 3.8) is 0 Å². The molecule has 0 N–H and O–H groups in total. The molecule has 0 saturated heterocycles. The van der Waals surface area contributed by atoms with Gasteiger partial charge in [-0.2, -0.15) is 0 Å². The number of hydrogen-bond acceptors (Lipinski definition) is 6. The van der Waals surface area contributed by atoms with Crippen molar-refractivity contribution in [2.24, 2.45) is 4.99 Å². The van der Waals surface area contributed by atoms with Crippen LogP contribution in [-0.2, 0) is 9.53 Å². The number of esters is 2. The average Bonchev–Trinajstić information content (AvgIpc) is 3.15. The minimum Gasteiger partial charge on any atom is -0.493 e. The van der Waals surface area contributed by atoms with E-state index in [2.05, 4.69) is 4.99 Å². The van der Waals surface area contributed by atoms with Crippen LogP contribution < -0.4 is 9.47 Å². The monoisotopic (exact) mass is 559 g/mol. The number of nitrogens with zero attached hydrogens (tertiary/aromatic N) is 1. The van der Waals surface area contributed by atoms with Crippen LogP contribution in [-0.4, -0.2) is 24.9 Å². The molecule has 1 aliphatic heterocycles. The molecule has 1 aliphatic rings. The number of halogens is 2. The SMILES string of the molecule is COc1cc(/C=C2\N=C(c3ccccc3Cl)OC2=O)cc(I)c1OC(=O)c1ccccc1. The number of rotatable bonds is 5. The average molecular weight is 560 g/mol. The lowest BCUT2D eigenvalue weighted by atomic mass is 10.1. The smallest absolute Gasteiger partial charge is 0.363 e. The number of cyclic esters (lactones) is 1. The number of ether oxygens (including phenoxy) is 3. The van der Waals surface area contributed by atoms with E-state index in [4.69, 9.17) is 25.8 Å². The molecule has 6 nitrogen and oxygen atoms in total. The van der Waals surface area contributed by atoms with Gasteiger partial charge in [0.15, 0.2) is 17.2 Å². The second kappa shape index (κ2) is 9.54. The summed E-state index contributed by atoms with van der Waals surface area (Å²) in [6.07, 6.45) is 1.57. The lowest BCUT2D eigenvalue weighted by Gasteiger charge is -2.12. The molecule has 0 aliphatic carbocycles. The van der Waals surface area contributed by atoms with Crippen molar-refractivity contribution in [2.75, 3.05) is 7.11 Å². The van der Waals surface area contributed by atoms with Gasteiger partial charge in [0.1, 0.15) is 0 Å². The number of aliphatic imine (C=N–C) groups is 1. The van der Waals surface area contributed by atoms with Gasteiger partial charge in [0.05, 0.1) is 26.8 Å². The van der Waals surface area contributed by atoms with E-state index in [-0.39, 0.29) is 11.6 Å². The largest absolute Gasteiger partial charge is 0.493 e. The van der Waals surface area contributed by atoms with Crippen molar-refractivity contribution in [3.05, 3.63) is 97.7 Å². The standard InChI is InChI=1S/C24H15ClINO5/c1-30-20-13-14(11-18(26)21(20)31-23(28)15-7-3-2-4-8-15)12-19-24(29)32-22(27-19)16-9-5-6-10-17(16)25/h2-13H,1H3/b19-12-. The molecule has 32 heavy (non-hydrogen) atoms. The fourth-order valence-electron chi connectivity index (χ4n) is 2.96. The Kier molecular flexibility index (Phi) is 6.57. The van der Waals surface area contributed by atoms with E-state index in [1.54, 1.807) is 66.7 Å². The van der Waals surface area contributed by atoms with Crippen LogP contribution in [0.25, 0.3) is 6.08 Å². The zero-order valence-corrected chi connectivity index (χ0v) is 19.6. The van der Waals surface area contributed by atoms with Crippen LogP contribution >= 0.6 is 34.2 Å². The Hall–Kier alpha value is -3.17. The Bertz CT molecular complexity index is 1270.